The number of halogens is 3. The molecule has 0 saturated carbocycles. The van der Waals surface area contributed by atoms with Crippen LogP contribution in [0.4, 0.5) is 24.5 Å². The zero-order valence-electron chi connectivity index (χ0n) is 17.9. The summed E-state index contributed by atoms with van der Waals surface area (Å²) in [6.07, 6.45) is -3.13. The predicted octanol–water partition coefficient (Wildman–Crippen LogP) is 3.08. The molecule has 1 aliphatic heterocycles. The van der Waals surface area contributed by atoms with Crippen molar-refractivity contribution in [3.63, 3.8) is 0 Å². The third-order valence-corrected chi connectivity index (χ3v) is 6.68. The number of hydrogen-bond donors (Lipinski definition) is 1. The van der Waals surface area contributed by atoms with Gasteiger partial charge in [-0.15, -0.1) is 0 Å². The van der Waals surface area contributed by atoms with Gasteiger partial charge in [0, 0.05) is 49.5 Å². The number of carbonyl (C=O) groups excluding carboxylic acids is 2. The summed E-state index contributed by atoms with van der Waals surface area (Å²) in [5, 5.41) is 1.77. The Morgan fingerprint density at radius 1 is 0.939 bits per heavy atom. The van der Waals surface area contributed by atoms with Crippen LogP contribution in [0, 0.1) is 0 Å². The lowest BCUT2D eigenvalue weighted by Crippen LogP contribution is -2.48. The molecule has 0 atom stereocenters. The highest BCUT2D eigenvalue weighted by atomic mass is 32.2. The highest BCUT2D eigenvalue weighted by molar-refractivity contribution is 7.88. The number of sulfonamides is 1. The number of anilines is 2. The van der Waals surface area contributed by atoms with Gasteiger partial charge in [-0.3, -0.25) is 9.59 Å². The molecule has 1 N–H and O–H groups in total. The van der Waals surface area contributed by atoms with E-state index in [0.29, 0.717) is 38.2 Å². The number of nitrogens with one attached hydrogen (secondary N) is 1. The van der Waals surface area contributed by atoms with Crippen LogP contribution in [-0.2, 0) is 21.2 Å². The van der Waals surface area contributed by atoms with Gasteiger partial charge in [0.2, 0.25) is 10.0 Å². The maximum Gasteiger partial charge on any atom is 0.471 e. The van der Waals surface area contributed by atoms with Crippen molar-refractivity contribution >= 4 is 33.1 Å². The summed E-state index contributed by atoms with van der Waals surface area (Å²) in [6.45, 7) is 1.97. The van der Waals surface area contributed by atoms with Gasteiger partial charge >= 0.3 is 12.1 Å². The van der Waals surface area contributed by atoms with Crippen LogP contribution in [-0.4, -0.2) is 63.0 Å². The smallest absolute Gasteiger partial charge is 0.369 e. The number of nitrogens with zero attached hydrogens (tertiary/aromatic N) is 2. The highest BCUT2D eigenvalue weighted by Crippen LogP contribution is 2.21. The maximum absolute atomic E-state index is 12.5. The van der Waals surface area contributed by atoms with Crippen molar-refractivity contribution in [3.8, 4) is 0 Å². The van der Waals surface area contributed by atoms with E-state index in [9.17, 15) is 31.2 Å². The molecule has 0 spiro atoms. The number of Topliss-reactive ketones (excluding diaryl/α,β-unsaturated/α-hetero) is 1. The molecule has 1 amide bonds. The molecule has 2 aromatic rings. The van der Waals surface area contributed by atoms with Crippen LogP contribution < -0.4 is 10.2 Å². The Morgan fingerprint density at radius 3 is 2.03 bits per heavy atom. The molecule has 3 rings (SSSR count). The topological polar surface area (TPSA) is 86.8 Å². The maximum atomic E-state index is 12.5. The first-order chi connectivity index (χ1) is 15.4. The monoisotopic (exact) mass is 483 g/mol. The van der Waals surface area contributed by atoms with Crippen LogP contribution >= 0.6 is 0 Å². The van der Waals surface area contributed by atoms with E-state index in [1.807, 2.05) is 12.1 Å². The van der Waals surface area contributed by atoms with E-state index in [1.54, 1.807) is 29.6 Å². The molecule has 33 heavy (non-hydrogen) atoms. The van der Waals surface area contributed by atoms with Crippen molar-refractivity contribution in [3.05, 3.63) is 59.7 Å². The van der Waals surface area contributed by atoms with Crippen LogP contribution in [0.25, 0.3) is 0 Å². The van der Waals surface area contributed by atoms with Gasteiger partial charge in [-0.1, -0.05) is 12.1 Å². The van der Waals surface area contributed by atoms with Crippen molar-refractivity contribution in [1.29, 1.82) is 0 Å². The average molecular weight is 484 g/mol. The van der Waals surface area contributed by atoms with E-state index < -0.39 is 22.1 Å². The predicted molar refractivity (Wildman–Crippen MR) is 119 cm³/mol. The zero-order chi connectivity index (χ0) is 24.2. The molecule has 0 bridgehead atoms. The van der Waals surface area contributed by atoms with Gasteiger partial charge in [0.25, 0.3) is 0 Å². The number of amides is 1. The zero-order valence-corrected chi connectivity index (χ0v) is 18.7. The first-order valence-electron chi connectivity index (χ1n) is 10.2. The number of carbonyl (C=O) groups is 2. The summed E-state index contributed by atoms with van der Waals surface area (Å²) in [5.74, 6) is -2.11. The van der Waals surface area contributed by atoms with Gasteiger partial charge in [-0.25, -0.2) is 8.42 Å². The number of alkyl halides is 3. The van der Waals surface area contributed by atoms with E-state index in [2.05, 4.69) is 4.90 Å². The third kappa shape index (κ3) is 6.78. The van der Waals surface area contributed by atoms with Crippen molar-refractivity contribution in [2.45, 2.75) is 19.0 Å². The van der Waals surface area contributed by atoms with Crippen molar-refractivity contribution in [2.75, 3.05) is 42.7 Å². The Morgan fingerprint density at radius 2 is 1.52 bits per heavy atom. The van der Waals surface area contributed by atoms with Crippen LogP contribution in [0.2, 0.25) is 0 Å². The highest BCUT2D eigenvalue weighted by Gasteiger charge is 2.38. The number of piperazine rings is 1. The number of hydrogen-bond acceptors (Lipinski definition) is 5. The SMILES string of the molecule is CS(=O)(=O)N1CCN(c2ccc(C(=O)CCc3ccc(NC(=O)C(F)(F)F)cc3)cc2)CC1. The molecule has 1 aliphatic rings. The lowest BCUT2D eigenvalue weighted by Gasteiger charge is -2.34. The van der Waals surface area contributed by atoms with Crippen LogP contribution in [0.5, 0.6) is 0 Å². The van der Waals surface area contributed by atoms with Gasteiger partial charge in [0.15, 0.2) is 5.78 Å². The van der Waals surface area contributed by atoms with E-state index in [4.69, 9.17) is 0 Å². The second-order valence-corrected chi connectivity index (χ2v) is 9.75. The van der Waals surface area contributed by atoms with Gasteiger partial charge in [0.05, 0.1) is 6.26 Å². The fraction of sp³-hybridized carbons (Fsp3) is 0.364. The van der Waals surface area contributed by atoms with Crippen molar-refractivity contribution < 1.29 is 31.2 Å². The minimum Gasteiger partial charge on any atom is -0.369 e. The Balaban J connectivity index is 1.50. The van der Waals surface area contributed by atoms with E-state index >= 15 is 0 Å². The molecule has 0 unspecified atom stereocenters. The van der Waals surface area contributed by atoms with Crippen LogP contribution in [0.1, 0.15) is 22.3 Å². The average Bonchev–Trinajstić information content (AvgIpc) is 2.77. The number of benzene rings is 2. The van der Waals surface area contributed by atoms with Gasteiger partial charge in [0.1, 0.15) is 0 Å². The first-order valence-corrected chi connectivity index (χ1v) is 12.1. The number of ketones is 1. The molecular weight excluding hydrogens is 459 g/mol. The molecule has 0 aliphatic carbocycles. The second kappa shape index (κ2) is 9.92. The molecule has 1 heterocycles. The lowest BCUT2D eigenvalue weighted by atomic mass is 10.0. The molecular formula is C22H24F3N3O4S. The molecule has 0 radical (unpaired) electrons. The summed E-state index contributed by atoms with van der Waals surface area (Å²) in [4.78, 5) is 25.5. The summed E-state index contributed by atoms with van der Waals surface area (Å²) in [7, 11) is -3.19. The van der Waals surface area contributed by atoms with Crippen LogP contribution in [0.3, 0.4) is 0 Å². The first kappa shape index (κ1) is 24.7. The van der Waals surface area contributed by atoms with Crippen molar-refractivity contribution in [1.82, 2.24) is 4.31 Å². The van der Waals surface area contributed by atoms with Crippen LogP contribution in [0.15, 0.2) is 48.5 Å². The van der Waals surface area contributed by atoms with Gasteiger partial charge < -0.3 is 10.2 Å². The van der Waals surface area contributed by atoms with E-state index in [1.165, 1.54) is 22.7 Å². The quantitative estimate of drug-likeness (QED) is 0.612. The van der Waals surface area contributed by atoms with E-state index in [0.717, 1.165) is 11.3 Å². The Hall–Kier alpha value is -2.92. The Bertz CT molecular complexity index is 1090. The summed E-state index contributed by atoms with van der Waals surface area (Å²) in [6, 6.07) is 13.0. The fourth-order valence-electron chi connectivity index (χ4n) is 3.49. The Kier molecular flexibility index (Phi) is 7.43. The molecule has 0 aromatic heterocycles. The molecule has 2 aromatic carbocycles. The Labute approximate surface area is 190 Å². The number of aryl methyl sites for hydroxylation is 1. The minimum atomic E-state index is -4.95. The molecule has 11 heteroatoms. The van der Waals surface area contributed by atoms with Crippen molar-refractivity contribution in [2.24, 2.45) is 0 Å². The number of rotatable bonds is 7. The van der Waals surface area contributed by atoms with E-state index in [-0.39, 0.29) is 17.9 Å². The molecule has 1 saturated heterocycles. The second-order valence-electron chi connectivity index (χ2n) is 7.77. The summed E-state index contributed by atoms with van der Waals surface area (Å²) < 4.78 is 61.6. The van der Waals surface area contributed by atoms with Gasteiger partial charge in [-0.2, -0.15) is 17.5 Å². The molecule has 7 nitrogen and oxygen atoms in total. The molecule has 1 fully saturated rings. The minimum absolute atomic E-state index is 0.0281. The lowest BCUT2D eigenvalue weighted by molar-refractivity contribution is -0.167. The third-order valence-electron chi connectivity index (χ3n) is 5.37. The standard InChI is InChI=1S/C22H24F3N3O4S/c1-33(31,32)28-14-12-27(13-15-28)19-9-5-17(6-10-19)20(29)11-4-16-2-7-18(8-3-16)26-21(30)22(23,24)25/h2-3,5-10H,4,11-15H2,1H3,(H,26,30). The van der Waals surface area contributed by atoms with Gasteiger partial charge in [-0.05, 0) is 48.4 Å². The summed E-state index contributed by atoms with van der Waals surface area (Å²) in [5.41, 5.74) is 2.24. The fourth-order valence-corrected chi connectivity index (χ4v) is 4.32. The normalized spacial score (nSPS) is 15.3. The molecule has 178 valence electrons. The summed E-state index contributed by atoms with van der Waals surface area (Å²) >= 11 is 0. The largest absolute Gasteiger partial charge is 0.471 e.